The summed E-state index contributed by atoms with van der Waals surface area (Å²) in [6.45, 7) is 19.5. The molecule has 2 aliphatic heterocycles. The Bertz CT molecular complexity index is 687. The van der Waals surface area contributed by atoms with Gasteiger partial charge in [0.1, 0.15) is 0 Å². The summed E-state index contributed by atoms with van der Waals surface area (Å²) in [4.78, 5) is 45.5. The van der Waals surface area contributed by atoms with Crippen molar-refractivity contribution < 1.29 is 14.4 Å². The van der Waals surface area contributed by atoms with Gasteiger partial charge >= 0.3 is 0 Å². The van der Waals surface area contributed by atoms with Crippen LogP contribution in [0.3, 0.4) is 0 Å². The summed E-state index contributed by atoms with van der Waals surface area (Å²) in [5.41, 5.74) is 0. The molecule has 0 aromatic rings. The van der Waals surface area contributed by atoms with E-state index in [0.717, 1.165) is 38.2 Å². The minimum atomic E-state index is -0.349. The number of rotatable bonds is 6. The smallest absolute Gasteiger partial charge is 0.248 e. The van der Waals surface area contributed by atoms with Crippen molar-refractivity contribution in [1.29, 1.82) is 0 Å². The summed E-state index contributed by atoms with van der Waals surface area (Å²) in [6.07, 6.45) is 16.0. The quantitative estimate of drug-likeness (QED) is 0.571. The zero-order chi connectivity index (χ0) is 24.8. The van der Waals surface area contributed by atoms with Crippen molar-refractivity contribution in [3.63, 3.8) is 0 Å². The van der Waals surface area contributed by atoms with E-state index in [4.69, 9.17) is 0 Å². The van der Waals surface area contributed by atoms with Crippen LogP contribution < -0.4 is 0 Å². The lowest BCUT2D eigenvalue weighted by Gasteiger charge is -2.41. The fourth-order valence-electron chi connectivity index (χ4n) is 3.31. The normalized spacial score (nSPS) is 16.8. The highest BCUT2D eigenvalue weighted by atomic mass is 16.2. The Morgan fingerprint density at radius 3 is 0.939 bits per heavy atom. The number of carbonyl (C=O) groups excluding carboxylic acids is 3. The Balaban J connectivity index is 0.000000335. The van der Waals surface area contributed by atoms with E-state index in [-0.39, 0.29) is 37.7 Å². The summed E-state index contributed by atoms with van der Waals surface area (Å²) < 4.78 is 0. The van der Waals surface area contributed by atoms with Gasteiger partial charge in [-0.05, 0) is 57.6 Å². The molecule has 33 heavy (non-hydrogen) atoms. The zero-order valence-corrected chi connectivity index (χ0v) is 20.0. The molecule has 0 unspecified atom stereocenters. The monoisotopic (exact) mass is 456 g/mol. The first kappa shape index (κ1) is 27.3. The van der Waals surface area contributed by atoms with Crippen LogP contribution >= 0.6 is 0 Å². The van der Waals surface area contributed by atoms with Gasteiger partial charge in [-0.1, -0.05) is 38.0 Å². The van der Waals surface area contributed by atoms with E-state index in [2.05, 4.69) is 92.0 Å². The molecule has 2 heterocycles. The van der Waals surface area contributed by atoms with Crippen molar-refractivity contribution in [2.75, 3.05) is 40.0 Å². The SMILES string of the molecule is C=CC(=O)N1CN(C(=O)C=C)CN(C(=O)C=C)C1.CC=CN1CN(C=CC)CN(C=CC)C1. The van der Waals surface area contributed by atoms with Gasteiger partial charge in [0.15, 0.2) is 0 Å². The zero-order valence-electron chi connectivity index (χ0n) is 20.0. The van der Waals surface area contributed by atoms with Crippen LogP contribution in [0, 0.1) is 0 Å². The minimum Gasteiger partial charge on any atom is -0.343 e. The first-order chi connectivity index (χ1) is 15.8. The maximum atomic E-state index is 11.6. The molecule has 0 radical (unpaired) electrons. The van der Waals surface area contributed by atoms with E-state index in [1.165, 1.54) is 14.7 Å². The Morgan fingerprint density at radius 2 is 0.758 bits per heavy atom. The van der Waals surface area contributed by atoms with Crippen LogP contribution in [-0.4, -0.2) is 87.1 Å². The lowest BCUT2D eigenvalue weighted by molar-refractivity contribution is -0.152. The van der Waals surface area contributed by atoms with Crippen molar-refractivity contribution >= 4 is 17.7 Å². The van der Waals surface area contributed by atoms with E-state index in [9.17, 15) is 14.4 Å². The van der Waals surface area contributed by atoms with Gasteiger partial charge in [0, 0.05) is 0 Å². The molecule has 3 amide bonds. The third kappa shape index (κ3) is 8.72. The number of nitrogens with zero attached hydrogens (tertiary/aromatic N) is 6. The van der Waals surface area contributed by atoms with E-state index in [0.29, 0.717) is 0 Å². The molecule has 2 rings (SSSR count). The van der Waals surface area contributed by atoms with Crippen LogP contribution in [0.5, 0.6) is 0 Å². The molecule has 2 aliphatic rings. The van der Waals surface area contributed by atoms with Gasteiger partial charge in [0.2, 0.25) is 17.7 Å². The fourth-order valence-corrected chi connectivity index (χ4v) is 3.31. The number of hydrogen-bond acceptors (Lipinski definition) is 6. The van der Waals surface area contributed by atoms with Gasteiger partial charge in [-0.25, -0.2) is 0 Å². The molecule has 180 valence electrons. The second-order valence-corrected chi connectivity index (χ2v) is 7.31. The number of hydrogen-bond donors (Lipinski definition) is 0. The lowest BCUT2D eigenvalue weighted by atomic mass is 10.4. The molecule has 0 aromatic heterocycles. The average Bonchev–Trinajstić information content (AvgIpc) is 2.83. The second kappa shape index (κ2) is 14.3. The summed E-state index contributed by atoms with van der Waals surface area (Å²) >= 11 is 0. The maximum absolute atomic E-state index is 11.6. The molecule has 0 aromatic carbocycles. The first-order valence-corrected chi connectivity index (χ1v) is 10.7. The average molecular weight is 457 g/mol. The number of carbonyl (C=O) groups is 3. The van der Waals surface area contributed by atoms with Crippen molar-refractivity contribution in [2.24, 2.45) is 0 Å². The summed E-state index contributed by atoms with van der Waals surface area (Å²) in [5.74, 6) is -1.05. The fraction of sp³-hybridized carbons (Fsp3) is 0.375. The van der Waals surface area contributed by atoms with Crippen LogP contribution in [0.2, 0.25) is 0 Å². The van der Waals surface area contributed by atoms with E-state index >= 15 is 0 Å². The number of amides is 3. The van der Waals surface area contributed by atoms with Crippen molar-refractivity contribution in [2.45, 2.75) is 20.8 Å². The van der Waals surface area contributed by atoms with Crippen molar-refractivity contribution in [3.8, 4) is 0 Å². The van der Waals surface area contributed by atoms with E-state index in [1.807, 2.05) is 0 Å². The van der Waals surface area contributed by atoms with Crippen molar-refractivity contribution in [3.05, 3.63) is 74.8 Å². The molecular weight excluding hydrogens is 420 g/mol. The lowest BCUT2D eigenvalue weighted by Crippen LogP contribution is -2.58. The second-order valence-electron chi connectivity index (χ2n) is 7.31. The minimum absolute atomic E-state index is 0.108. The van der Waals surface area contributed by atoms with Crippen LogP contribution in [0.15, 0.2) is 74.8 Å². The van der Waals surface area contributed by atoms with Crippen LogP contribution in [0.1, 0.15) is 20.8 Å². The first-order valence-electron chi connectivity index (χ1n) is 10.7. The molecule has 0 saturated carbocycles. The molecule has 2 fully saturated rings. The number of allylic oxidation sites excluding steroid dienone is 3. The Hall–Kier alpha value is -3.75. The maximum Gasteiger partial charge on any atom is 0.248 e. The van der Waals surface area contributed by atoms with Crippen LogP contribution in [0.25, 0.3) is 0 Å². The summed E-state index contributed by atoms with van der Waals surface area (Å²) in [6, 6.07) is 0. The highest BCUT2D eigenvalue weighted by Gasteiger charge is 2.29. The Labute approximate surface area is 197 Å². The van der Waals surface area contributed by atoms with Crippen molar-refractivity contribution in [1.82, 2.24) is 29.4 Å². The summed E-state index contributed by atoms with van der Waals surface area (Å²) in [7, 11) is 0. The highest BCUT2D eigenvalue weighted by Crippen LogP contribution is 2.10. The Kier molecular flexibility index (Phi) is 11.9. The topological polar surface area (TPSA) is 70.6 Å². The highest BCUT2D eigenvalue weighted by molar-refractivity contribution is 5.92. The molecule has 0 aliphatic carbocycles. The van der Waals surface area contributed by atoms with Gasteiger partial charge in [0.25, 0.3) is 0 Å². The standard InChI is InChI=1S/C12H15N3O3.C12H21N3/c1-4-10(16)13-7-14(11(17)5-2)9-15(8-13)12(18)6-3;1-4-7-13-10-14(8-5-2)12-15(11-13)9-6-3/h4-6H,1-3,7-9H2;4-9H,10-12H2,1-3H3. The largest absolute Gasteiger partial charge is 0.343 e. The predicted octanol–water partition coefficient (Wildman–Crippen LogP) is 2.30. The predicted molar refractivity (Wildman–Crippen MR) is 130 cm³/mol. The molecule has 0 bridgehead atoms. The molecule has 0 spiro atoms. The van der Waals surface area contributed by atoms with Gasteiger partial charge in [0.05, 0.1) is 40.0 Å². The third-order valence-electron chi connectivity index (χ3n) is 4.65. The molecule has 2 saturated heterocycles. The molecular formula is C24H36N6O3. The van der Waals surface area contributed by atoms with E-state index < -0.39 is 0 Å². The molecule has 9 nitrogen and oxygen atoms in total. The van der Waals surface area contributed by atoms with Gasteiger partial charge in [-0.15, -0.1) is 0 Å². The molecule has 0 atom stereocenters. The van der Waals surface area contributed by atoms with Crippen LogP contribution in [0.4, 0.5) is 0 Å². The summed E-state index contributed by atoms with van der Waals surface area (Å²) in [5, 5.41) is 0. The molecule has 0 N–H and O–H groups in total. The van der Waals surface area contributed by atoms with Crippen LogP contribution in [-0.2, 0) is 14.4 Å². The van der Waals surface area contributed by atoms with Gasteiger partial charge < -0.3 is 29.4 Å². The Morgan fingerprint density at radius 1 is 0.515 bits per heavy atom. The third-order valence-corrected chi connectivity index (χ3v) is 4.65. The van der Waals surface area contributed by atoms with Gasteiger partial charge in [-0.3, -0.25) is 14.4 Å². The molecule has 9 heteroatoms. The van der Waals surface area contributed by atoms with Gasteiger partial charge in [-0.2, -0.15) is 0 Å². The van der Waals surface area contributed by atoms with E-state index in [1.54, 1.807) is 0 Å².